The van der Waals surface area contributed by atoms with Crippen molar-refractivity contribution < 1.29 is 4.79 Å². The first kappa shape index (κ1) is 13.4. The van der Waals surface area contributed by atoms with Crippen molar-refractivity contribution in [3.63, 3.8) is 0 Å². The predicted molar refractivity (Wildman–Crippen MR) is 79.1 cm³/mol. The van der Waals surface area contributed by atoms with Crippen LogP contribution >= 0.6 is 23.2 Å². The highest BCUT2D eigenvalue weighted by molar-refractivity contribution is 6.35. The van der Waals surface area contributed by atoms with Gasteiger partial charge in [-0.3, -0.25) is 9.78 Å². The molecular weight excluding hydrogens is 295 g/mol. The SMILES string of the molecule is O=C(NC1(c2ccc(Cl)cc2Cl)CC1)c1ccccn1. The second kappa shape index (κ2) is 5.08. The monoisotopic (exact) mass is 306 g/mol. The first-order valence-corrected chi connectivity index (χ1v) is 7.05. The van der Waals surface area contributed by atoms with Crippen molar-refractivity contribution in [2.75, 3.05) is 0 Å². The van der Waals surface area contributed by atoms with E-state index in [1.54, 1.807) is 36.5 Å². The molecule has 0 saturated heterocycles. The van der Waals surface area contributed by atoms with Gasteiger partial charge in [0.25, 0.3) is 5.91 Å². The van der Waals surface area contributed by atoms with Crippen LogP contribution in [0.25, 0.3) is 0 Å². The summed E-state index contributed by atoms with van der Waals surface area (Å²) in [6.45, 7) is 0. The van der Waals surface area contributed by atoms with Crippen molar-refractivity contribution >= 4 is 29.1 Å². The van der Waals surface area contributed by atoms with Gasteiger partial charge in [-0.15, -0.1) is 0 Å². The molecule has 1 fully saturated rings. The molecule has 1 saturated carbocycles. The quantitative estimate of drug-likeness (QED) is 0.937. The van der Waals surface area contributed by atoms with Gasteiger partial charge in [0.05, 0.1) is 5.54 Å². The molecule has 1 aromatic carbocycles. The van der Waals surface area contributed by atoms with Crippen LogP contribution in [0.3, 0.4) is 0 Å². The third-order valence-electron chi connectivity index (χ3n) is 3.45. The third-order valence-corrected chi connectivity index (χ3v) is 3.99. The van der Waals surface area contributed by atoms with Crippen LogP contribution in [0, 0.1) is 0 Å². The fraction of sp³-hybridized carbons (Fsp3) is 0.200. The van der Waals surface area contributed by atoms with Crippen molar-refractivity contribution in [3.8, 4) is 0 Å². The smallest absolute Gasteiger partial charge is 0.270 e. The van der Waals surface area contributed by atoms with E-state index in [9.17, 15) is 4.79 Å². The van der Waals surface area contributed by atoms with E-state index >= 15 is 0 Å². The first-order chi connectivity index (χ1) is 9.61. The lowest BCUT2D eigenvalue weighted by Crippen LogP contribution is -2.35. The molecule has 1 N–H and O–H groups in total. The van der Waals surface area contributed by atoms with E-state index in [1.165, 1.54) is 0 Å². The molecule has 1 aliphatic carbocycles. The lowest BCUT2D eigenvalue weighted by atomic mass is 10.0. The summed E-state index contributed by atoms with van der Waals surface area (Å²) in [5, 5.41) is 4.20. The van der Waals surface area contributed by atoms with E-state index in [4.69, 9.17) is 23.2 Å². The Morgan fingerprint density at radius 1 is 1.20 bits per heavy atom. The average molecular weight is 307 g/mol. The van der Waals surface area contributed by atoms with Gasteiger partial charge in [0.15, 0.2) is 0 Å². The Bertz CT molecular complexity index is 654. The number of hydrogen-bond donors (Lipinski definition) is 1. The Kier molecular flexibility index (Phi) is 3.40. The average Bonchev–Trinajstić information content (AvgIpc) is 3.20. The molecule has 1 aliphatic rings. The van der Waals surface area contributed by atoms with E-state index in [0.717, 1.165) is 18.4 Å². The summed E-state index contributed by atoms with van der Waals surface area (Å²) in [7, 11) is 0. The molecule has 0 spiro atoms. The Morgan fingerprint density at radius 3 is 2.60 bits per heavy atom. The van der Waals surface area contributed by atoms with Gasteiger partial charge in [0.1, 0.15) is 5.69 Å². The van der Waals surface area contributed by atoms with E-state index in [-0.39, 0.29) is 11.4 Å². The predicted octanol–water partition coefficient (Wildman–Crippen LogP) is 3.81. The van der Waals surface area contributed by atoms with Crippen LogP contribution < -0.4 is 5.32 Å². The lowest BCUT2D eigenvalue weighted by Gasteiger charge is -2.19. The van der Waals surface area contributed by atoms with Crippen molar-refractivity contribution in [2.45, 2.75) is 18.4 Å². The normalized spacial score (nSPS) is 15.7. The molecule has 20 heavy (non-hydrogen) atoms. The number of rotatable bonds is 3. The van der Waals surface area contributed by atoms with Gasteiger partial charge in [-0.1, -0.05) is 35.3 Å². The van der Waals surface area contributed by atoms with Gasteiger partial charge in [-0.25, -0.2) is 0 Å². The molecule has 0 radical (unpaired) electrons. The molecule has 0 bridgehead atoms. The van der Waals surface area contributed by atoms with Gasteiger partial charge < -0.3 is 5.32 Å². The number of nitrogens with zero attached hydrogens (tertiary/aromatic N) is 1. The number of hydrogen-bond acceptors (Lipinski definition) is 2. The molecular formula is C15H12Cl2N2O. The molecule has 3 rings (SSSR count). The summed E-state index contributed by atoms with van der Waals surface area (Å²) >= 11 is 12.1. The van der Waals surface area contributed by atoms with E-state index < -0.39 is 0 Å². The topological polar surface area (TPSA) is 42.0 Å². The van der Waals surface area contributed by atoms with E-state index in [1.807, 2.05) is 6.07 Å². The number of aromatic nitrogens is 1. The number of amides is 1. The highest BCUT2D eigenvalue weighted by atomic mass is 35.5. The Hall–Kier alpha value is -1.58. The number of halogens is 2. The molecule has 1 amide bonds. The zero-order valence-corrected chi connectivity index (χ0v) is 12.1. The Morgan fingerprint density at radius 2 is 2.00 bits per heavy atom. The molecule has 1 heterocycles. The van der Waals surface area contributed by atoms with Crippen molar-refractivity contribution in [1.82, 2.24) is 10.3 Å². The minimum atomic E-state index is -0.379. The summed E-state index contributed by atoms with van der Waals surface area (Å²) in [6, 6.07) is 10.6. The zero-order chi connectivity index (χ0) is 14.2. The fourth-order valence-corrected chi connectivity index (χ4v) is 2.83. The van der Waals surface area contributed by atoms with Crippen molar-refractivity contribution in [1.29, 1.82) is 0 Å². The summed E-state index contributed by atoms with van der Waals surface area (Å²) in [5.41, 5.74) is 0.938. The molecule has 3 nitrogen and oxygen atoms in total. The second-order valence-corrected chi connectivity index (χ2v) is 5.72. The largest absolute Gasteiger partial charge is 0.341 e. The molecule has 0 unspecified atom stereocenters. The number of pyridine rings is 1. The van der Waals surface area contributed by atoms with Crippen LogP contribution in [0.1, 0.15) is 28.9 Å². The minimum Gasteiger partial charge on any atom is -0.341 e. The van der Waals surface area contributed by atoms with Crippen LogP contribution in [-0.4, -0.2) is 10.9 Å². The minimum absolute atomic E-state index is 0.186. The van der Waals surface area contributed by atoms with E-state index in [2.05, 4.69) is 10.3 Å². The fourth-order valence-electron chi connectivity index (χ4n) is 2.24. The van der Waals surface area contributed by atoms with Crippen LogP contribution in [-0.2, 0) is 5.54 Å². The lowest BCUT2D eigenvalue weighted by molar-refractivity contribution is 0.0926. The molecule has 1 aromatic heterocycles. The number of nitrogens with one attached hydrogen (secondary N) is 1. The summed E-state index contributed by atoms with van der Waals surface area (Å²) in [4.78, 5) is 16.3. The standard InChI is InChI=1S/C15H12Cl2N2O/c16-10-4-5-11(12(17)9-10)15(6-7-15)19-14(20)13-3-1-2-8-18-13/h1-5,8-9H,6-7H2,(H,19,20). The Labute approximate surface area is 126 Å². The Balaban J connectivity index is 1.85. The van der Waals surface area contributed by atoms with Gasteiger partial charge >= 0.3 is 0 Å². The number of benzene rings is 1. The molecule has 0 aliphatic heterocycles. The molecule has 5 heteroatoms. The summed E-state index contributed by atoms with van der Waals surface area (Å²) < 4.78 is 0. The van der Waals surface area contributed by atoms with Gasteiger partial charge in [-0.2, -0.15) is 0 Å². The van der Waals surface area contributed by atoms with Gasteiger partial charge in [0.2, 0.25) is 0 Å². The van der Waals surface area contributed by atoms with Crippen LogP contribution in [0.4, 0.5) is 0 Å². The van der Waals surface area contributed by atoms with Crippen LogP contribution in [0.5, 0.6) is 0 Å². The highest BCUT2D eigenvalue weighted by Gasteiger charge is 2.47. The molecule has 102 valence electrons. The van der Waals surface area contributed by atoms with E-state index in [0.29, 0.717) is 15.7 Å². The molecule has 0 atom stereocenters. The third kappa shape index (κ3) is 2.51. The maximum atomic E-state index is 12.2. The maximum Gasteiger partial charge on any atom is 0.270 e. The molecule has 2 aromatic rings. The van der Waals surface area contributed by atoms with Gasteiger partial charge in [0, 0.05) is 16.2 Å². The number of carbonyl (C=O) groups is 1. The summed E-state index contributed by atoms with van der Waals surface area (Å²) in [6.07, 6.45) is 3.34. The first-order valence-electron chi connectivity index (χ1n) is 6.30. The van der Waals surface area contributed by atoms with Crippen LogP contribution in [0.2, 0.25) is 10.0 Å². The van der Waals surface area contributed by atoms with Crippen molar-refractivity contribution in [3.05, 3.63) is 63.9 Å². The van der Waals surface area contributed by atoms with Gasteiger partial charge in [-0.05, 0) is 42.7 Å². The van der Waals surface area contributed by atoms with Crippen molar-refractivity contribution in [2.24, 2.45) is 0 Å². The number of carbonyl (C=O) groups excluding carboxylic acids is 1. The highest BCUT2D eigenvalue weighted by Crippen LogP contribution is 2.48. The second-order valence-electron chi connectivity index (χ2n) is 4.88. The summed E-state index contributed by atoms with van der Waals surface area (Å²) in [5.74, 6) is -0.186. The van der Waals surface area contributed by atoms with Crippen LogP contribution in [0.15, 0.2) is 42.6 Å². The zero-order valence-electron chi connectivity index (χ0n) is 10.6. The maximum absolute atomic E-state index is 12.2.